The third-order valence-corrected chi connectivity index (χ3v) is 2.64. The molecule has 2 aromatic heterocycles. The molecule has 84 valence electrons. The summed E-state index contributed by atoms with van der Waals surface area (Å²) in [5.41, 5.74) is 0.484. The summed E-state index contributed by atoms with van der Waals surface area (Å²) in [6, 6.07) is 0. The van der Waals surface area contributed by atoms with Crippen molar-refractivity contribution in [1.82, 2.24) is 19.5 Å². The highest BCUT2D eigenvalue weighted by atomic mass is 16.5. The molecule has 0 amide bonds. The van der Waals surface area contributed by atoms with E-state index in [1.54, 1.807) is 4.57 Å². The Hall–Kier alpha value is -1.73. The van der Waals surface area contributed by atoms with Crippen LogP contribution in [0.4, 0.5) is 0 Å². The SMILES string of the molecule is O=c1nc[nH]c2c1ncn2[C@H]1C[C@H](O)CO1. The summed E-state index contributed by atoms with van der Waals surface area (Å²) >= 11 is 0. The molecule has 2 aromatic rings. The highest BCUT2D eigenvalue weighted by Crippen LogP contribution is 2.25. The minimum Gasteiger partial charge on any atom is -0.391 e. The zero-order valence-corrected chi connectivity index (χ0v) is 8.33. The third-order valence-electron chi connectivity index (χ3n) is 2.64. The molecule has 1 fully saturated rings. The van der Waals surface area contributed by atoms with Gasteiger partial charge in [-0.15, -0.1) is 0 Å². The van der Waals surface area contributed by atoms with Gasteiger partial charge in [0.1, 0.15) is 11.9 Å². The number of aromatic amines is 1. The van der Waals surface area contributed by atoms with Crippen LogP contribution >= 0.6 is 0 Å². The molecule has 2 atom stereocenters. The van der Waals surface area contributed by atoms with Crippen molar-refractivity contribution in [3.8, 4) is 0 Å². The van der Waals surface area contributed by atoms with E-state index in [9.17, 15) is 9.90 Å². The number of hydrogen-bond acceptors (Lipinski definition) is 5. The molecule has 0 aliphatic carbocycles. The Bertz CT molecular complexity index is 575. The lowest BCUT2D eigenvalue weighted by molar-refractivity contribution is 0.0502. The van der Waals surface area contributed by atoms with Crippen LogP contribution in [0.25, 0.3) is 11.2 Å². The van der Waals surface area contributed by atoms with Crippen LogP contribution in [0, 0.1) is 0 Å². The predicted molar refractivity (Wildman–Crippen MR) is 53.8 cm³/mol. The number of H-pyrrole nitrogens is 1. The van der Waals surface area contributed by atoms with Crippen molar-refractivity contribution in [1.29, 1.82) is 0 Å². The number of rotatable bonds is 1. The molecule has 0 spiro atoms. The van der Waals surface area contributed by atoms with Crippen LogP contribution in [-0.4, -0.2) is 37.3 Å². The number of nitrogens with one attached hydrogen (secondary N) is 1. The van der Waals surface area contributed by atoms with Crippen molar-refractivity contribution in [3.63, 3.8) is 0 Å². The maximum Gasteiger partial charge on any atom is 0.300 e. The van der Waals surface area contributed by atoms with Crippen LogP contribution in [0.5, 0.6) is 0 Å². The number of imidazole rings is 1. The minimum atomic E-state index is -0.462. The molecule has 3 rings (SSSR count). The number of aliphatic hydroxyl groups excluding tert-OH is 1. The van der Waals surface area contributed by atoms with Crippen LogP contribution < -0.4 is 5.56 Å². The average Bonchev–Trinajstić information content (AvgIpc) is 2.84. The largest absolute Gasteiger partial charge is 0.391 e. The standard InChI is InChI=1S/C9H10N4O3/c14-5-1-6(16-2-5)13-4-12-7-8(13)10-3-11-9(7)15/h3-6,14H,1-2H2,(H,10,11,15)/t5-,6+/m0/s1. The highest BCUT2D eigenvalue weighted by molar-refractivity contribution is 5.68. The van der Waals surface area contributed by atoms with Crippen LogP contribution in [0.15, 0.2) is 17.4 Å². The number of hydrogen-bond donors (Lipinski definition) is 2. The van der Waals surface area contributed by atoms with E-state index in [0.717, 1.165) is 0 Å². The van der Waals surface area contributed by atoms with Crippen molar-refractivity contribution in [3.05, 3.63) is 23.0 Å². The molecule has 1 aliphatic rings. The first-order valence-electron chi connectivity index (χ1n) is 4.95. The van der Waals surface area contributed by atoms with E-state index in [2.05, 4.69) is 15.0 Å². The topological polar surface area (TPSA) is 93.0 Å². The van der Waals surface area contributed by atoms with Crippen LogP contribution in [0.2, 0.25) is 0 Å². The molecule has 1 saturated heterocycles. The summed E-state index contributed by atoms with van der Waals surface area (Å²) in [6.45, 7) is 0.305. The second kappa shape index (κ2) is 3.39. The van der Waals surface area contributed by atoms with Crippen molar-refractivity contribution < 1.29 is 9.84 Å². The van der Waals surface area contributed by atoms with Gasteiger partial charge >= 0.3 is 5.56 Å². The first kappa shape index (κ1) is 9.49. The summed E-state index contributed by atoms with van der Waals surface area (Å²) < 4.78 is 7.09. The quantitative estimate of drug-likeness (QED) is 0.672. The van der Waals surface area contributed by atoms with E-state index in [4.69, 9.17) is 4.74 Å². The van der Waals surface area contributed by atoms with Gasteiger partial charge in [0, 0.05) is 6.42 Å². The molecule has 7 heteroatoms. The molecule has 7 nitrogen and oxygen atoms in total. The minimum absolute atomic E-state index is 0.280. The van der Waals surface area contributed by atoms with Gasteiger partial charge in [-0.25, -0.2) is 4.98 Å². The summed E-state index contributed by atoms with van der Waals surface area (Å²) in [4.78, 5) is 21.8. The number of ether oxygens (including phenoxy) is 1. The molecular formula is C9H10N4O3. The van der Waals surface area contributed by atoms with E-state index < -0.39 is 6.10 Å². The molecule has 0 radical (unpaired) electrons. The van der Waals surface area contributed by atoms with Crippen LogP contribution in [-0.2, 0) is 4.74 Å². The smallest absolute Gasteiger partial charge is 0.300 e. The predicted octanol–water partition coefficient (Wildman–Crippen LogP) is -0.601. The van der Waals surface area contributed by atoms with Gasteiger partial charge in [-0.05, 0) is 0 Å². The molecule has 1 aliphatic heterocycles. The zero-order chi connectivity index (χ0) is 11.1. The molecule has 3 heterocycles. The van der Waals surface area contributed by atoms with Crippen LogP contribution in [0.1, 0.15) is 12.6 Å². The Morgan fingerprint density at radius 2 is 2.44 bits per heavy atom. The molecule has 0 unspecified atom stereocenters. The fourth-order valence-corrected chi connectivity index (χ4v) is 1.88. The van der Waals surface area contributed by atoms with Gasteiger partial charge in [0.2, 0.25) is 0 Å². The highest BCUT2D eigenvalue weighted by Gasteiger charge is 2.26. The maximum atomic E-state index is 11.4. The summed E-state index contributed by atoms with van der Waals surface area (Å²) in [7, 11) is 0. The van der Waals surface area contributed by atoms with Gasteiger partial charge in [0.05, 0.1) is 25.4 Å². The first-order valence-corrected chi connectivity index (χ1v) is 4.95. The Morgan fingerprint density at radius 1 is 1.56 bits per heavy atom. The fourth-order valence-electron chi connectivity index (χ4n) is 1.88. The Kier molecular flexibility index (Phi) is 2.01. The van der Waals surface area contributed by atoms with Gasteiger partial charge in [-0.3, -0.25) is 9.36 Å². The van der Waals surface area contributed by atoms with Crippen molar-refractivity contribution >= 4 is 11.2 Å². The van der Waals surface area contributed by atoms with Gasteiger partial charge in [0.15, 0.2) is 5.52 Å². The summed E-state index contributed by atoms with van der Waals surface area (Å²) in [5, 5.41) is 9.38. The number of aromatic nitrogens is 4. The number of nitrogens with zero attached hydrogens (tertiary/aromatic N) is 3. The summed E-state index contributed by atoms with van der Waals surface area (Å²) in [5.74, 6) is 0. The molecular weight excluding hydrogens is 212 g/mol. The fraction of sp³-hybridized carbons (Fsp3) is 0.444. The van der Waals surface area contributed by atoms with E-state index in [1.165, 1.54) is 12.7 Å². The maximum absolute atomic E-state index is 11.4. The lowest BCUT2D eigenvalue weighted by atomic mass is 10.3. The van der Waals surface area contributed by atoms with Gasteiger partial charge in [0.25, 0.3) is 0 Å². The second-order valence-electron chi connectivity index (χ2n) is 3.73. The third kappa shape index (κ3) is 1.33. The van der Waals surface area contributed by atoms with E-state index >= 15 is 0 Å². The Balaban J connectivity index is 2.11. The van der Waals surface area contributed by atoms with E-state index in [1.807, 2.05) is 0 Å². The Labute approximate surface area is 89.7 Å². The first-order chi connectivity index (χ1) is 7.75. The van der Waals surface area contributed by atoms with E-state index in [-0.39, 0.29) is 17.3 Å². The lowest BCUT2D eigenvalue weighted by Crippen LogP contribution is -2.10. The lowest BCUT2D eigenvalue weighted by Gasteiger charge is -2.10. The van der Waals surface area contributed by atoms with E-state index in [0.29, 0.717) is 18.7 Å². The normalized spacial score (nSPS) is 25.3. The average molecular weight is 222 g/mol. The van der Waals surface area contributed by atoms with Crippen molar-refractivity contribution in [2.24, 2.45) is 0 Å². The molecule has 2 N–H and O–H groups in total. The Morgan fingerprint density at radius 3 is 3.19 bits per heavy atom. The molecule has 0 bridgehead atoms. The number of aliphatic hydroxyl groups is 1. The van der Waals surface area contributed by atoms with Gasteiger partial charge < -0.3 is 14.8 Å². The monoisotopic (exact) mass is 222 g/mol. The molecule has 0 saturated carbocycles. The van der Waals surface area contributed by atoms with Gasteiger partial charge in [-0.2, -0.15) is 4.98 Å². The molecule has 16 heavy (non-hydrogen) atoms. The van der Waals surface area contributed by atoms with Gasteiger partial charge in [-0.1, -0.05) is 0 Å². The zero-order valence-electron chi connectivity index (χ0n) is 8.33. The second-order valence-corrected chi connectivity index (χ2v) is 3.73. The molecule has 0 aromatic carbocycles. The van der Waals surface area contributed by atoms with Crippen molar-refractivity contribution in [2.45, 2.75) is 18.8 Å². The van der Waals surface area contributed by atoms with Crippen molar-refractivity contribution in [2.75, 3.05) is 6.61 Å². The van der Waals surface area contributed by atoms with Crippen LogP contribution in [0.3, 0.4) is 0 Å². The number of fused-ring (bicyclic) bond motifs is 1. The summed E-state index contributed by atoms with van der Waals surface area (Å²) in [6.07, 6.45) is 2.60.